The topological polar surface area (TPSA) is 44.8 Å². The van der Waals surface area contributed by atoms with Crippen LogP contribution < -0.4 is 4.74 Å². The van der Waals surface area contributed by atoms with E-state index in [1.807, 2.05) is 31.2 Å². The van der Waals surface area contributed by atoms with E-state index in [1.165, 1.54) is 0 Å². The molecule has 0 saturated heterocycles. The van der Waals surface area contributed by atoms with Crippen LogP contribution in [0.15, 0.2) is 35.8 Å². The van der Waals surface area contributed by atoms with E-state index in [-0.39, 0.29) is 12.4 Å². The van der Waals surface area contributed by atoms with Gasteiger partial charge >= 0.3 is 0 Å². The maximum absolute atomic E-state index is 11.7. The average molecular weight is 248 g/mol. The summed E-state index contributed by atoms with van der Waals surface area (Å²) in [5, 5.41) is 0. The summed E-state index contributed by atoms with van der Waals surface area (Å²) >= 11 is 0. The van der Waals surface area contributed by atoms with Crippen molar-refractivity contribution < 1.29 is 19.0 Å². The monoisotopic (exact) mass is 248 g/mol. The van der Waals surface area contributed by atoms with Crippen molar-refractivity contribution in [2.24, 2.45) is 0 Å². The first-order valence-corrected chi connectivity index (χ1v) is 5.89. The van der Waals surface area contributed by atoms with Crippen molar-refractivity contribution in [3.8, 4) is 5.75 Å². The lowest BCUT2D eigenvalue weighted by Gasteiger charge is -2.06. The van der Waals surface area contributed by atoms with E-state index < -0.39 is 0 Å². The lowest BCUT2D eigenvalue weighted by atomic mass is 10.0. The minimum absolute atomic E-state index is 0.00531. The molecule has 4 nitrogen and oxygen atoms in total. The third kappa shape index (κ3) is 2.64. The van der Waals surface area contributed by atoms with Crippen LogP contribution in [0.3, 0.4) is 0 Å². The molecule has 18 heavy (non-hydrogen) atoms. The average Bonchev–Trinajstić information content (AvgIpc) is 2.73. The molecule has 0 fully saturated rings. The van der Waals surface area contributed by atoms with Crippen LogP contribution in [-0.2, 0) is 20.7 Å². The molecule has 1 heterocycles. The van der Waals surface area contributed by atoms with Crippen LogP contribution in [0.1, 0.15) is 12.5 Å². The fourth-order valence-corrected chi connectivity index (χ4v) is 1.80. The summed E-state index contributed by atoms with van der Waals surface area (Å²) < 4.78 is 15.6. The Hall–Kier alpha value is -1.97. The van der Waals surface area contributed by atoms with Crippen molar-refractivity contribution in [3.63, 3.8) is 0 Å². The highest BCUT2D eigenvalue weighted by atomic mass is 16.7. The third-order valence-electron chi connectivity index (χ3n) is 2.73. The van der Waals surface area contributed by atoms with Gasteiger partial charge in [0.2, 0.25) is 5.78 Å². The van der Waals surface area contributed by atoms with Crippen LogP contribution in [0.4, 0.5) is 0 Å². The SMILES string of the molecule is CCOC1=C(Cc2ccc(OC)cc2)C(=O)CO1. The van der Waals surface area contributed by atoms with E-state index >= 15 is 0 Å². The van der Waals surface area contributed by atoms with Crippen LogP contribution in [-0.4, -0.2) is 26.1 Å². The summed E-state index contributed by atoms with van der Waals surface area (Å²) in [6.45, 7) is 2.44. The van der Waals surface area contributed by atoms with Crippen LogP contribution >= 0.6 is 0 Å². The molecule has 0 unspecified atom stereocenters. The molecule has 0 N–H and O–H groups in total. The molecule has 1 aromatic rings. The van der Waals surface area contributed by atoms with E-state index in [0.717, 1.165) is 11.3 Å². The summed E-state index contributed by atoms with van der Waals surface area (Å²) in [6, 6.07) is 7.61. The van der Waals surface area contributed by atoms with Gasteiger partial charge in [-0.3, -0.25) is 4.79 Å². The smallest absolute Gasteiger partial charge is 0.287 e. The lowest BCUT2D eigenvalue weighted by Crippen LogP contribution is -2.04. The summed E-state index contributed by atoms with van der Waals surface area (Å²) in [7, 11) is 1.62. The van der Waals surface area contributed by atoms with Crippen molar-refractivity contribution in [2.45, 2.75) is 13.3 Å². The number of hydrogen-bond acceptors (Lipinski definition) is 4. The quantitative estimate of drug-likeness (QED) is 0.800. The lowest BCUT2D eigenvalue weighted by molar-refractivity contribution is -0.117. The molecule has 0 aliphatic carbocycles. The van der Waals surface area contributed by atoms with Crippen molar-refractivity contribution in [1.29, 1.82) is 0 Å². The number of ether oxygens (including phenoxy) is 3. The molecule has 96 valence electrons. The predicted molar refractivity (Wildman–Crippen MR) is 66.3 cm³/mol. The van der Waals surface area contributed by atoms with Crippen molar-refractivity contribution >= 4 is 5.78 Å². The van der Waals surface area contributed by atoms with Gasteiger partial charge in [0, 0.05) is 6.42 Å². The Bertz CT molecular complexity index is 459. The summed E-state index contributed by atoms with van der Waals surface area (Å²) in [5.74, 6) is 1.17. The zero-order valence-electron chi connectivity index (χ0n) is 10.6. The van der Waals surface area contributed by atoms with Gasteiger partial charge in [-0.2, -0.15) is 0 Å². The van der Waals surface area contributed by atoms with Crippen LogP contribution in [0.2, 0.25) is 0 Å². The molecule has 1 aliphatic rings. The van der Waals surface area contributed by atoms with Gasteiger partial charge in [-0.05, 0) is 24.6 Å². The van der Waals surface area contributed by atoms with Crippen LogP contribution in [0.25, 0.3) is 0 Å². The Labute approximate surface area is 106 Å². The summed E-state index contributed by atoms with van der Waals surface area (Å²) in [5.41, 5.74) is 1.64. The van der Waals surface area contributed by atoms with Gasteiger partial charge in [-0.15, -0.1) is 0 Å². The molecule has 0 spiro atoms. The maximum atomic E-state index is 11.7. The summed E-state index contributed by atoms with van der Waals surface area (Å²) in [4.78, 5) is 11.7. The number of carbonyl (C=O) groups is 1. The summed E-state index contributed by atoms with van der Waals surface area (Å²) in [6.07, 6.45) is 0.526. The first-order chi connectivity index (χ1) is 8.74. The molecule has 0 atom stereocenters. The first kappa shape index (κ1) is 12.5. The van der Waals surface area contributed by atoms with Gasteiger partial charge in [0.05, 0.1) is 19.3 Å². The van der Waals surface area contributed by atoms with Gasteiger partial charge < -0.3 is 14.2 Å². The number of Topliss-reactive ketones (excluding diaryl/α,β-unsaturated/α-hetero) is 1. The maximum Gasteiger partial charge on any atom is 0.287 e. The Kier molecular flexibility index (Phi) is 3.87. The zero-order chi connectivity index (χ0) is 13.0. The molecule has 1 aromatic carbocycles. The molecule has 0 amide bonds. The second kappa shape index (κ2) is 5.58. The Morgan fingerprint density at radius 3 is 2.61 bits per heavy atom. The van der Waals surface area contributed by atoms with Gasteiger partial charge in [0.1, 0.15) is 5.75 Å². The molecular formula is C14H16O4. The van der Waals surface area contributed by atoms with Crippen LogP contribution in [0.5, 0.6) is 5.75 Å². The standard InChI is InChI=1S/C14H16O4/c1-3-17-14-12(13(15)9-18-14)8-10-4-6-11(16-2)7-5-10/h4-7H,3,8-9H2,1-2H3. The minimum atomic E-state index is -0.00531. The first-order valence-electron chi connectivity index (χ1n) is 5.89. The van der Waals surface area contributed by atoms with E-state index in [1.54, 1.807) is 7.11 Å². The Balaban J connectivity index is 2.15. The van der Waals surface area contributed by atoms with Crippen LogP contribution in [0, 0.1) is 0 Å². The largest absolute Gasteiger partial charge is 0.497 e. The van der Waals surface area contributed by atoms with E-state index in [9.17, 15) is 4.79 Å². The van der Waals surface area contributed by atoms with E-state index in [4.69, 9.17) is 14.2 Å². The molecule has 0 radical (unpaired) electrons. The molecule has 0 aromatic heterocycles. The molecule has 0 bridgehead atoms. The highest BCUT2D eigenvalue weighted by Gasteiger charge is 2.26. The number of ketones is 1. The van der Waals surface area contributed by atoms with Gasteiger partial charge in [0.25, 0.3) is 5.95 Å². The third-order valence-corrected chi connectivity index (χ3v) is 2.73. The number of carbonyl (C=O) groups excluding carboxylic acids is 1. The highest BCUT2D eigenvalue weighted by molar-refractivity contribution is 5.98. The van der Waals surface area contributed by atoms with Crippen molar-refractivity contribution in [3.05, 3.63) is 41.3 Å². The molecule has 1 aliphatic heterocycles. The number of hydrogen-bond donors (Lipinski definition) is 0. The molecule has 4 heteroatoms. The number of rotatable bonds is 5. The van der Waals surface area contributed by atoms with E-state index in [0.29, 0.717) is 24.5 Å². The Morgan fingerprint density at radius 2 is 2.00 bits per heavy atom. The number of benzene rings is 1. The normalized spacial score (nSPS) is 14.7. The Morgan fingerprint density at radius 1 is 1.28 bits per heavy atom. The molecule has 2 rings (SSSR count). The minimum Gasteiger partial charge on any atom is -0.497 e. The second-order valence-electron chi connectivity index (χ2n) is 3.94. The van der Waals surface area contributed by atoms with Crippen molar-refractivity contribution in [1.82, 2.24) is 0 Å². The fourth-order valence-electron chi connectivity index (χ4n) is 1.80. The van der Waals surface area contributed by atoms with Gasteiger partial charge in [0.15, 0.2) is 6.61 Å². The number of methoxy groups -OCH3 is 1. The fraction of sp³-hybridized carbons (Fsp3) is 0.357. The molecular weight excluding hydrogens is 232 g/mol. The zero-order valence-corrected chi connectivity index (χ0v) is 10.6. The second-order valence-corrected chi connectivity index (χ2v) is 3.94. The molecule has 0 saturated carbocycles. The van der Waals surface area contributed by atoms with Gasteiger partial charge in [-0.1, -0.05) is 12.1 Å². The van der Waals surface area contributed by atoms with Crippen molar-refractivity contribution in [2.75, 3.05) is 20.3 Å². The highest BCUT2D eigenvalue weighted by Crippen LogP contribution is 2.22. The van der Waals surface area contributed by atoms with E-state index in [2.05, 4.69) is 0 Å². The predicted octanol–water partition coefficient (Wildman–Crippen LogP) is 2.09. The van der Waals surface area contributed by atoms with Gasteiger partial charge in [-0.25, -0.2) is 0 Å².